The maximum Gasteiger partial charge on any atom is 0.136 e. The molecule has 0 aliphatic carbocycles. The van der Waals surface area contributed by atoms with Crippen molar-refractivity contribution in [2.45, 2.75) is 40.4 Å². The molecule has 3 heteroatoms. The van der Waals surface area contributed by atoms with Crippen molar-refractivity contribution in [3.63, 3.8) is 0 Å². The van der Waals surface area contributed by atoms with Crippen LogP contribution in [0.25, 0.3) is 0 Å². The standard InChI is InChI=1S/C15H23NS2/c1-9-10(2)12(4)14(13(5)11(9)3)8-18-15(17)16(6)7/h8H2,1-7H3. The second-order valence-corrected chi connectivity index (χ2v) is 6.66. The van der Waals surface area contributed by atoms with Crippen LogP contribution in [0.1, 0.15) is 33.4 Å². The summed E-state index contributed by atoms with van der Waals surface area (Å²) in [4.78, 5) is 2.00. The van der Waals surface area contributed by atoms with Crippen molar-refractivity contribution in [2.75, 3.05) is 14.1 Å². The molecule has 1 rings (SSSR count). The van der Waals surface area contributed by atoms with Crippen LogP contribution in [-0.4, -0.2) is 23.3 Å². The maximum absolute atomic E-state index is 5.34. The number of hydrogen-bond acceptors (Lipinski definition) is 2. The van der Waals surface area contributed by atoms with E-state index in [0.29, 0.717) is 0 Å². The number of nitrogens with zero attached hydrogens (tertiary/aromatic N) is 1. The van der Waals surface area contributed by atoms with Gasteiger partial charge in [0.2, 0.25) is 0 Å². The molecule has 0 N–H and O–H groups in total. The molecule has 0 fully saturated rings. The number of thiocarbonyl (C=S) groups is 1. The average Bonchev–Trinajstić information content (AvgIpc) is 2.33. The highest BCUT2D eigenvalue weighted by atomic mass is 32.2. The van der Waals surface area contributed by atoms with E-state index in [4.69, 9.17) is 12.2 Å². The summed E-state index contributed by atoms with van der Waals surface area (Å²) < 4.78 is 0.949. The van der Waals surface area contributed by atoms with Crippen molar-refractivity contribution < 1.29 is 0 Å². The maximum atomic E-state index is 5.34. The molecular formula is C15H23NS2. The van der Waals surface area contributed by atoms with Crippen LogP contribution in [-0.2, 0) is 5.75 Å². The van der Waals surface area contributed by atoms with Crippen LogP contribution in [0.3, 0.4) is 0 Å². The molecule has 0 saturated carbocycles. The molecule has 0 saturated heterocycles. The SMILES string of the molecule is Cc1c(C)c(C)c(CSC(=S)N(C)C)c(C)c1C. The van der Waals surface area contributed by atoms with Crippen LogP contribution in [0.5, 0.6) is 0 Å². The molecule has 0 radical (unpaired) electrons. The normalized spacial score (nSPS) is 10.6. The van der Waals surface area contributed by atoms with Crippen molar-refractivity contribution in [3.05, 3.63) is 33.4 Å². The highest BCUT2D eigenvalue weighted by Crippen LogP contribution is 2.29. The van der Waals surface area contributed by atoms with Crippen LogP contribution in [0.4, 0.5) is 0 Å². The van der Waals surface area contributed by atoms with Gasteiger partial charge in [0.15, 0.2) is 0 Å². The highest BCUT2D eigenvalue weighted by Gasteiger charge is 2.13. The number of thioether (sulfide) groups is 1. The third-order valence-electron chi connectivity index (χ3n) is 3.86. The summed E-state index contributed by atoms with van der Waals surface area (Å²) in [7, 11) is 4.00. The predicted molar refractivity (Wildman–Crippen MR) is 87.7 cm³/mol. The predicted octanol–water partition coefficient (Wildman–Crippen LogP) is 4.31. The van der Waals surface area contributed by atoms with Gasteiger partial charge >= 0.3 is 0 Å². The number of benzene rings is 1. The Hall–Kier alpha value is -0.540. The lowest BCUT2D eigenvalue weighted by atomic mass is 9.90. The molecular weight excluding hydrogens is 258 g/mol. The van der Waals surface area contributed by atoms with Crippen LogP contribution >= 0.6 is 24.0 Å². The quantitative estimate of drug-likeness (QED) is 0.744. The first-order chi connectivity index (χ1) is 8.27. The molecule has 0 heterocycles. The van der Waals surface area contributed by atoms with E-state index in [0.717, 1.165) is 10.1 Å². The molecule has 100 valence electrons. The molecule has 0 aliphatic rings. The molecule has 0 unspecified atom stereocenters. The zero-order chi connectivity index (χ0) is 14.0. The van der Waals surface area contributed by atoms with Crippen molar-refractivity contribution >= 4 is 28.3 Å². The monoisotopic (exact) mass is 281 g/mol. The fraction of sp³-hybridized carbons (Fsp3) is 0.533. The molecule has 1 aromatic rings. The van der Waals surface area contributed by atoms with Gasteiger partial charge in [-0.1, -0.05) is 24.0 Å². The average molecular weight is 281 g/mol. The Kier molecular flexibility index (Phi) is 5.23. The summed E-state index contributed by atoms with van der Waals surface area (Å²) in [5.41, 5.74) is 8.56. The summed E-state index contributed by atoms with van der Waals surface area (Å²) in [6, 6.07) is 0. The van der Waals surface area contributed by atoms with Gasteiger partial charge in [0, 0.05) is 19.8 Å². The lowest BCUT2D eigenvalue weighted by Gasteiger charge is -2.19. The third kappa shape index (κ3) is 3.07. The fourth-order valence-electron chi connectivity index (χ4n) is 2.06. The smallest absolute Gasteiger partial charge is 0.136 e. The zero-order valence-electron chi connectivity index (χ0n) is 12.5. The van der Waals surface area contributed by atoms with E-state index in [1.807, 2.05) is 19.0 Å². The van der Waals surface area contributed by atoms with E-state index in [2.05, 4.69) is 34.6 Å². The van der Waals surface area contributed by atoms with E-state index < -0.39 is 0 Å². The van der Waals surface area contributed by atoms with E-state index >= 15 is 0 Å². The van der Waals surface area contributed by atoms with E-state index in [1.165, 1.54) is 33.4 Å². The van der Waals surface area contributed by atoms with Crippen LogP contribution < -0.4 is 0 Å². The van der Waals surface area contributed by atoms with Gasteiger partial charge < -0.3 is 4.90 Å². The lowest BCUT2D eigenvalue weighted by molar-refractivity contribution is 0.648. The summed E-state index contributed by atoms with van der Waals surface area (Å²) >= 11 is 7.09. The van der Waals surface area contributed by atoms with Crippen LogP contribution in [0.2, 0.25) is 0 Å². The van der Waals surface area contributed by atoms with Crippen molar-refractivity contribution in [3.8, 4) is 0 Å². The second kappa shape index (κ2) is 6.07. The van der Waals surface area contributed by atoms with Gasteiger partial charge in [-0.25, -0.2) is 0 Å². The van der Waals surface area contributed by atoms with E-state index in [1.54, 1.807) is 11.8 Å². The second-order valence-electron chi connectivity index (χ2n) is 5.05. The molecule has 0 aliphatic heterocycles. The first kappa shape index (κ1) is 15.5. The van der Waals surface area contributed by atoms with Gasteiger partial charge in [-0.15, -0.1) is 0 Å². The minimum atomic E-state index is 0.949. The van der Waals surface area contributed by atoms with E-state index in [-0.39, 0.29) is 0 Å². The fourth-order valence-corrected chi connectivity index (χ4v) is 3.19. The van der Waals surface area contributed by atoms with Crippen LogP contribution in [0.15, 0.2) is 0 Å². The van der Waals surface area contributed by atoms with Crippen molar-refractivity contribution in [1.29, 1.82) is 0 Å². The van der Waals surface area contributed by atoms with Gasteiger partial charge in [-0.3, -0.25) is 0 Å². The number of hydrogen-bond donors (Lipinski definition) is 0. The third-order valence-corrected chi connectivity index (χ3v) is 5.62. The molecule has 0 spiro atoms. The van der Waals surface area contributed by atoms with Gasteiger partial charge in [0.25, 0.3) is 0 Å². The highest BCUT2D eigenvalue weighted by molar-refractivity contribution is 8.22. The summed E-state index contributed by atoms with van der Waals surface area (Å²) in [6.45, 7) is 11.1. The molecule has 1 nitrogen and oxygen atoms in total. The Labute approximate surface area is 121 Å². The Balaban J connectivity index is 3.07. The van der Waals surface area contributed by atoms with Gasteiger partial charge in [-0.05, 0) is 68.0 Å². The topological polar surface area (TPSA) is 3.24 Å². The number of rotatable bonds is 2. The molecule has 1 aromatic carbocycles. The van der Waals surface area contributed by atoms with E-state index in [9.17, 15) is 0 Å². The van der Waals surface area contributed by atoms with Crippen molar-refractivity contribution in [2.24, 2.45) is 0 Å². The molecule has 0 bridgehead atoms. The Morgan fingerprint density at radius 3 is 1.67 bits per heavy atom. The van der Waals surface area contributed by atoms with Crippen molar-refractivity contribution in [1.82, 2.24) is 4.90 Å². The minimum Gasteiger partial charge on any atom is -0.364 e. The first-order valence-electron chi connectivity index (χ1n) is 6.17. The molecule has 18 heavy (non-hydrogen) atoms. The largest absolute Gasteiger partial charge is 0.364 e. The van der Waals surface area contributed by atoms with Gasteiger partial charge in [0.05, 0.1) is 0 Å². The molecule has 0 atom stereocenters. The zero-order valence-corrected chi connectivity index (χ0v) is 14.1. The Morgan fingerprint density at radius 2 is 1.28 bits per heavy atom. The molecule has 0 amide bonds. The minimum absolute atomic E-state index is 0.949. The molecule has 0 aromatic heterocycles. The Bertz CT molecular complexity index is 447. The summed E-state index contributed by atoms with van der Waals surface area (Å²) in [6.07, 6.45) is 0. The Morgan fingerprint density at radius 1 is 0.889 bits per heavy atom. The summed E-state index contributed by atoms with van der Waals surface area (Å²) in [5, 5.41) is 0. The lowest BCUT2D eigenvalue weighted by Crippen LogP contribution is -2.16. The van der Waals surface area contributed by atoms with Gasteiger partial charge in [0.1, 0.15) is 4.32 Å². The van der Waals surface area contributed by atoms with Crippen LogP contribution in [0, 0.1) is 34.6 Å². The first-order valence-corrected chi connectivity index (χ1v) is 7.56. The summed E-state index contributed by atoms with van der Waals surface area (Å²) in [5.74, 6) is 0.969. The van der Waals surface area contributed by atoms with Gasteiger partial charge in [-0.2, -0.15) is 0 Å².